The van der Waals surface area contributed by atoms with E-state index in [2.05, 4.69) is 11.1 Å². The molecule has 1 unspecified atom stereocenters. The molecule has 0 aromatic carbocycles. The summed E-state index contributed by atoms with van der Waals surface area (Å²) in [5, 5.41) is 0. The zero-order chi connectivity index (χ0) is 7.73. The molecule has 1 aliphatic heterocycles. The van der Waals surface area contributed by atoms with E-state index in [4.69, 9.17) is 5.73 Å². The lowest BCUT2D eigenvalue weighted by molar-refractivity contribution is 0.395. The maximum absolute atomic E-state index is 5.72. The lowest BCUT2D eigenvalue weighted by Gasteiger charge is -2.28. The van der Waals surface area contributed by atoms with Crippen molar-refractivity contribution in [1.29, 1.82) is 0 Å². The topological polar surface area (TPSA) is 38.4 Å². The van der Waals surface area contributed by atoms with Crippen LogP contribution in [0.3, 0.4) is 0 Å². The smallest absolute Gasteiger partial charge is 0.0837 e. The molecule has 2 heteroatoms. The Hall–Kier alpha value is -0.630. The van der Waals surface area contributed by atoms with Gasteiger partial charge in [0.2, 0.25) is 0 Å². The molecule has 11 heavy (non-hydrogen) atoms. The van der Waals surface area contributed by atoms with Crippen LogP contribution >= 0.6 is 0 Å². The molecule has 2 aliphatic rings. The summed E-state index contributed by atoms with van der Waals surface area (Å²) >= 11 is 0. The van der Waals surface area contributed by atoms with Crippen LogP contribution in [0.2, 0.25) is 0 Å². The van der Waals surface area contributed by atoms with Gasteiger partial charge in [-0.3, -0.25) is 4.99 Å². The van der Waals surface area contributed by atoms with Gasteiger partial charge in [-0.25, -0.2) is 0 Å². The van der Waals surface area contributed by atoms with Gasteiger partial charge in [0.15, 0.2) is 0 Å². The summed E-state index contributed by atoms with van der Waals surface area (Å²) in [6.45, 7) is 2.70. The molecule has 59 valence electrons. The number of hydrogen-bond donors (Lipinski definition) is 1. The summed E-state index contributed by atoms with van der Waals surface area (Å²) in [6, 6.07) is 0. The van der Waals surface area contributed by atoms with E-state index in [9.17, 15) is 0 Å². The van der Waals surface area contributed by atoms with Crippen LogP contribution in [0.4, 0.5) is 0 Å². The van der Waals surface area contributed by atoms with Crippen molar-refractivity contribution in [3.8, 4) is 0 Å². The molecule has 0 aromatic rings. The SMILES string of the molecule is NCC1(C2CC2)[CH]N=CC=C1. The fourth-order valence-corrected chi connectivity index (χ4v) is 1.65. The van der Waals surface area contributed by atoms with E-state index in [-0.39, 0.29) is 5.41 Å². The van der Waals surface area contributed by atoms with Gasteiger partial charge in [-0.15, -0.1) is 0 Å². The maximum Gasteiger partial charge on any atom is 0.0837 e. The van der Waals surface area contributed by atoms with Crippen LogP contribution in [-0.2, 0) is 0 Å². The third-order valence-electron chi connectivity index (χ3n) is 2.58. The van der Waals surface area contributed by atoms with Crippen molar-refractivity contribution < 1.29 is 0 Å². The minimum Gasteiger partial charge on any atom is -0.330 e. The van der Waals surface area contributed by atoms with Crippen LogP contribution < -0.4 is 5.73 Å². The van der Waals surface area contributed by atoms with Gasteiger partial charge >= 0.3 is 0 Å². The quantitative estimate of drug-likeness (QED) is 0.628. The molecule has 1 heterocycles. The van der Waals surface area contributed by atoms with Crippen LogP contribution in [0.25, 0.3) is 0 Å². The van der Waals surface area contributed by atoms with E-state index in [0.29, 0.717) is 6.54 Å². The van der Waals surface area contributed by atoms with Crippen molar-refractivity contribution in [2.24, 2.45) is 22.1 Å². The van der Waals surface area contributed by atoms with E-state index < -0.39 is 0 Å². The number of nitrogens with zero attached hydrogens (tertiary/aromatic N) is 1. The van der Waals surface area contributed by atoms with Gasteiger partial charge in [0.1, 0.15) is 0 Å². The number of rotatable bonds is 2. The average Bonchev–Trinajstić information content (AvgIpc) is 2.88. The first kappa shape index (κ1) is 7.04. The van der Waals surface area contributed by atoms with E-state index in [1.165, 1.54) is 12.8 Å². The Morgan fingerprint density at radius 2 is 2.36 bits per heavy atom. The summed E-state index contributed by atoms with van der Waals surface area (Å²) in [5.41, 5.74) is 5.83. The molecule has 2 nitrogen and oxygen atoms in total. The van der Waals surface area contributed by atoms with Crippen LogP contribution in [0.15, 0.2) is 17.1 Å². The van der Waals surface area contributed by atoms with Crippen molar-refractivity contribution in [2.75, 3.05) is 6.54 Å². The second kappa shape index (κ2) is 2.45. The van der Waals surface area contributed by atoms with Crippen LogP contribution in [0.1, 0.15) is 12.8 Å². The summed E-state index contributed by atoms with van der Waals surface area (Å²) in [6.07, 6.45) is 8.64. The monoisotopic (exact) mass is 149 g/mol. The van der Waals surface area contributed by atoms with Crippen molar-refractivity contribution in [2.45, 2.75) is 12.8 Å². The predicted octanol–water partition coefficient (Wildman–Crippen LogP) is 1.14. The van der Waals surface area contributed by atoms with Crippen molar-refractivity contribution >= 4 is 6.21 Å². The fourth-order valence-electron chi connectivity index (χ4n) is 1.65. The highest BCUT2D eigenvalue weighted by Crippen LogP contribution is 2.48. The first-order valence-corrected chi connectivity index (χ1v) is 4.13. The molecule has 0 aromatic heterocycles. The summed E-state index contributed by atoms with van der Waals surface area (Å²) in [7, 11) is 0. The third kappa shape index (κ3) is 1.11. The van der Waals surface area contributed by atoms with Gasteiger partial charge < -0.3 is 5.73 Å². The molecule has 2 rings (SSSR count). The highest BCUT2D eigenvalue weighted by atomic mass is 14.8. The summed E-state index contributed by atoms with van der Waals surface area (Å²) < 4.78 is 0. The van der Waals surface area contributed by atoms with Gasteiger partial charge in [0.25, 0.3) is 0 Å². The van der Waals surface area contributed by atoms with E-state index in [1.54, 1.807) is 0 Å². The number of allylic oxidation sites excluding steroid dienone is 1. The van der Waals surface area contributed by atoms with Gasteiger partial charge in [0, 0.05) is 18.2 Å². The Morgan fingerprint density at radius 3 is 2.82 bits per heavy atom. The van der Waals surface area contributed by atoms with Gasteiger partial charge in [-0.1, -0.05) is 6.08 Å². The number of nitrogens with two attached hydrogens (primary N) is 1. The Labute approximate surface area is 67.2 Å². The number of hydrogen-bond acceptors (Lipinski definition) is 2. The molecule has 2 N–H and O–H groups in total. The zero-order valence-electron chi connectivity index (χ0n) is 6.53. The maximum atomic E-state index is 5.72. The fraction of sp³-hybridized carbons (Fsp3) is 0.556. The zero-order valence-corrected chi connectivity index (χ0v) is 6.53. The molecule has 1 aliphatic carbocycles. The predicted molar refractivity (Wildman–Crippen MR) is 46.1 cm³/mol. The molecule has 0 bridgehead atoms. The van der Waals surface area contributed by atoms with Crippen molar-refractivity contribution in [3.63, 3.8) is 0 Å². The van der Waals surface area contributed by atoms with Gasteiger partial charge in [0.05, 0.1) is 6.54 Å². The molecular weight excluding hydrogens is 136 g/mol. The van der Waals surface area contributed by atoms with Gasteiger partial charge in [-0.05, 0) is 24.8 Å². The largest absolute Gasteiger partial charge is 0.330 e. The number of dihydropyridines is 1. The van der Waals surface area contributed by atoms with E-state index in [0.717, 1.165) is 5.92 Å². The average molecular weight is 149 g/mol. The van der Waals surface area contributed by atoms with E-state index in [1.807, 2.05) is 18.8 Å². The Bertz CT molecular complexity index is 204. The first-order valence-electron chi connectivity index (χ1n) is 4.13. The van der Waals surface area contributed by atoms with Crippen LogP contribution in [0, 0.1) is 17.9 Å². The summed E-state index contributed by atoms with van der Waals surface area (Å²) in [5.74, 6) is 0.765. The normalized spacial score (nSPS) is 36.1. The molecular formula is C9H13N2. The third-order valence-corrected chi connectivity index (χ3v) is 2.58. The first-order chi connectivity index (χ1) is 5.37. The molecule has 1 saturated carbocycles. The molecule has 0 amide bonds. The standard InChI is InChI=1S/C9H13N2/c10-6-9(8-2-3-8)4-1-5-11-7-9/h1,4-5,7-8H,2-3,6,10H2. The lowest BCUT2D eigenvalue weighted by Crippen LogP contribution is -2.31. The van der Waals surface area contributed by atoms with Crippen molar-refractivity contribution in [1.82, 2.24) is 0 Å². The molecule has 1 fully saturated rings. The van der Waals surface area contributed by atoms with E-state index >= 15 is 0 Å². The second-order valence-electron chi connectivity index (χ2n) is 3.38. The minimum absolute atomic E-state index is 0.106. The molecule has 1 atom stereocenters. The van der Waals surface area contributed by atoms with Gasteiger partial charge in [-0.2, -0.15) is 0 Å². The second-order valence-corrected chi connectivity index (χ2v) is 3.38. The highest BCUT2D eigenvalue weighted by Gasteiger charge is 2.42. The van der Waals surface area contributed by atoms with Crippen LogP contribution in [0.5, 0.6) is 0 Å². The highest BCUT2D eigenvalue weighted by molar-refractivity contribution is 5.73. The number of aliphatic imine (C=N–C) groups is 1. The Morgan fingerprint density at radius 1 is 1.55 bits per heavy atom. The molecule has 0 spiro atoms. The summed E-state index contributed by atoms with van der Waals surface area (Å²) in [4.78, 5) is 4.15. The lowest BCUT2D eigenvalue weighted by atomic mass is 9.81. The van der Waals surface area contributed by atoms with Crippen molar-refractivity contribution in [3.05, 3.63) is 18.7 Å². The minimum atomic E-state index is 0.106. The molecule has 1 radical (unpaired) electrons. The van der Waals surface area contributed by atoms with Crippen LogP contribution in [-0.4, -0.2) is 12.8 Å². The Balaban J connectivity index is 2.15. The Kier molecular flexibility index (Phi) is 1.57. The molecule has 0 saturated heterocycles.